The van der Waals surface area contributed by atoms with Gasteiger partial charge >= 0.3 is 5.97 Å². The van der Waals surface area contributed by atoms with Crippen LogP contribution in [0.3, 0.4) is 0 Å². The number of hydrogen-bond acceptors (Lipinski definition) is 5. The maximum absolute atomic E-state index is 10.9. The van der Waals surface area contributed by atoms with Crippen molar-refractivity contribution in [2.24, 2.45) is 5.73 Å². The first-order valence-corrected chi connectivity index (χ1v) is 6.44. The molecule has 0 amide bonds. The van der Waals surface area contributed by atoms with E-state index in [1.165, 1.54) is 11.3 Å². The molecule has 17 heavy (non-hydrogen) atoms. The lowest BCUT2D eigenvalue weighted by molar-refractivity contribution is -0.138. The number of carboxylic acid groups (broad SMARTS) is 1. The molecule has 5 nitrogen and oxygen atoms in total. The number of hydrogen-bond donors (Lipinski definition) is 2. The molecule has 0 bridgehead atoms. The van der Waals surface area contributed by atoms with Crippen LogP contribution >= 0.6 is 11.3 Å². The van der Waals surface area contributed by atoms with Gasteiger partial charge in [-0.1, -0.05) is 0 Å². The van der Waals surface area contributed by atoms with Gasteiger partial charge in [-0.3, -0.25) is 4.79 Å². The van der Waals surface area contributed by atoms with Crippen molar-refractivity contribution in [2.45, 2.75) is 31.7 Å². The zero-order valence-corrected chi connectivity index (χ0v) is 10.5. The van der Waals surface area contributed by atoms with Crippen molar-refractivity contribution < 1.29 is 14.6 Å². The molecule has 1 aliphatic rings. The van der Waals surface area contributed by atoms with Gasteiger partial charge < -0.3 is 15.6 Å². The summed E-state index contributed by atoms with van der Waals surface area (Å²) in [6, 6.07) is -0.957. The second-order valence-corrected chi connectivity index (χ2v) is 5.27. The highest BCUT2D eigenvalue weighted by Crippen LogP contribution is 2.33. The standard InChI is InChI=1S/C11H16N2O3S/c1-6-9(8(12)11(14)15)17-10(13-6)7-2-4-16-5-3-7/h7-8H,2-5,12H2,1H3,(H,14,15). The van der Waals surface area contributed by atoms with Crippen LogP contribution in [-0.2, 0) is 9.53 Å². The van der Waals surface area contributed by atoms with E-state index in [1.807, 2.05) is 6.92 Å². The van der Waals surface area contributed by atoms with Crippen LogP contribution in [-0.4, -0.2) is 29.3 Å². The fourth-order valence-corrected chi connectivity index (χ4v) is 3.18. The lowest BCUT2D eigenvalue weighted by atomic mass is 10.0. The molecule has 3 N–H and O–H groups in total. The van der Waals surface area contributed by atoms with E-state index in [9.17, 15) is 4.79 Å². The number of thiazole rings is 1. The molecular weight excluding hydrogens is 240 g/mol. The van der Waals surface area contributed by atoms with Crippen molar-refractivity contribution in [1.82, 2.24) is 4.98 Å². The lowest BCUT2D eigenvalue weighted by Gasteiger charge is -2.19. The molecule has 1 fully saturated rings. The predicted molar refractivity (Wildman–Crippen MR) is 64.2 cm³/mol. The van der Waals surface area contributed by atoms with Crippen molar-refractivity contribution in [3.63, 3.8) is 0 Å². The van der Waals surface area contributed by atoms with Gasteiger partial charge in [-0.15, -0.1) is 11.3 Å². The predicted octanol–water partition coefficient (Wildman–Crippen LogP) is 1.43. The second-order valence-electron chi connectivity index (χ2n) is 4.20. The minimum atomic E-state index is -1.00. The molecule has 94 valence electrons. The Labute approximate surface area is 104 Å². The van der Waals surface area contributed by atoms with Crippen LogP contribution in [0.5, 0.6) is 0 Å². The molecule has 6 heteroatoms. The Morgan fingerprint density at radius 2 is 2.24 bits per heavy atom. The van der Waals surface area contributed by atoms with Crippen molar-refractivity contribution in [2.75, 3.05) is 13.2 Å². The van der Waals surface area contributed by atoms with E-state index in [0.717, 1.165) is 36.8 Å². The van der Waals surface area contributed by atoms with E-state index < -0.39 is 12.0 Å². The zero-order chi connectivity index (χ0) is 12.4. The number of aromatic nitrogens is 1. The van der Waals surface area contributed by atoms with Crippen LogP contribution in [0.4, 0.5) is 0 Å². The van der Waals surface area contributed by atoms with Crippen LogP contribution in [0.15, 0.2) is 0 Å². The van der Waals surface area contributed by atoms with E-state index in [4.69, 9.17) is 15.6 Å². The summed E-state index contributed by atoms with van der Waals surface area (Å²) < 4.78 is 5.30. The average Bonchev–Trinajstić information content (AvgIpc) is 2.71. The van der Waals surface area contributed by atoms with E-state index in [-0.39, 0.29) is 0 Å². The van der Waals surface area contributed by atoms with Crippen molar-refractivity contribution in [3.05, 3.63) is 15.6 Å². The third-order valence-corrected chi connectivity index (χ3v) is 4.37. The van der Waals surface area contributed by atoms with E-state index in [0.29, 0.717) is 10.8 Å². The molecule has 0 spiro atoms. The monoisotopic (exact) mass is 256 g/mol. The van der Waals surface area contributed by atoms with Crippen LogP contribution in [0.1, 0.15) is 40.4 Å². The molecule has 1 aromatic rings. The SMILES string of the molecule is Cc1nc(C2CCOCC2)sc1C(N)C(=O)O. The van der Waals surface area contributed by atoms with Crippen molar-refractivity contribution >= 4 is 17.3 Å². The zero-order valence-electron chi connectivity index (χ0n) is 9.68. The molecule has 0 aromatic carbocycles. The van der Waals surface area contributed by atoms with Crippen molar-refractivity contribution in [3.8, 4) is 0 Å². The van der Waals surface area contributed by atoms with E-state index >= 15 is 0 Å². The number of ether oxygens (including phenoxy) is 1. The number of aryl methyl sites for hydroxylation is 1. The molecule has 1 atom stereocenters. The van der Waals surface area contributed by atoms with Gasteiger partial charge in [-0.05, 0) is 19.8 Å². The Morgan fingerprint density at radius 1 is 1.59 bits per heavy atom. The highest BCUT2D eigenvalue weighted by Gasteiger charge is 2.25. The normalized spacial score (nSPS) is 19.2. The van der Waals surface area contributed by atoms with Gasteiger partial charge in [-0.25, -0.2) is 4.98 Å². The fraction of sp³-hybridized carbons (Fsp3) is 0.636. The Bertz CT molecular complexity index is 413. The maximum Gasteiger partial charge on any atom is 0.326 e. The first kappa shape index (κ1) is 12.5. The summed E-state index contributed by atoms with van der Waals surface area (Å²) in [5.74, 6) is -0.613. The fourth-order valence-electron chi connectivity index (χ4n) is 1.95. The summed E-state index contributed by atoms with van der Waals surface area (Å²) in [5.41, 5.74) is 6.37. The van der Waals surface area contributed by atoms with Crippen LogP contribution in [0.25, 0.3) is 0 Å². The molecular formula is C11H16N2O3S. The van der Waals surface area contributed by atoms with Gasteiger partial charge in [0.1, 0.15) is 6.04 Å². The van der Waals surface area contributed by atoms with Gasteiger partial charge in [0.2, 0.25) is 0 Å². The van der Waals surface area contributed by atoms with Gasteiger partial charge in [0.05, 0.1) is 15.6 Å². The minimum Gasteiger partial charge on any atom is -0.480 e. The second kappa shape index (κ2) is 5.12. The van der Waals surface area contributed by atoms with Gasteiger partial charge in [0.15, 0.2) is 0 Å². The molecule has 1 aromatic heterocycles. The third-order valence-electron chi connectivity index (χ3n) is 2.97. The number of carboxylic acids is 1. The maximum atomic E-state index is 10.9. The van der Waals surface area contributed by atoms with Crippen LogP contribution in [0.2, 0.25) is 0 Å². The topological polar surface area (TPSA) is 85.4 Å². The Kier molecular flexibility index (Phi) is 3.76. The highest BCUT2D eigenvalue weighted by atomic mass is 32.1. The van der Waals surface area contributed by atoms with Gasteiger partial charge in [0, 0.05) is 19.1 Å². The quantitative estimate of drug-likeness (QED) is 0.854. The Balaban J connectivity index is 2.20. The molecule has 2 heterocycles. The number of nitrogens with zero attached hydrogens (tertiary/aromatic N) is 1. The van der Waals surface area contributed by atoms with Crippen LogP contribution < -0.4 is 5.73 Å². The first-order chi connectivity index (χ1) is 8.09. The molecule has 1 unspecified atom stereocenters. The average molecular weight is 256 g/mol. The number of aliphatic carboxylic acids is 1. The van der Waals surface area contributed by atoms with Gasteiger partial charge in [-0.2, -0.15) is 0 Å². The molecule has 0 saturated carbocycles. The Morgan fingerprint density at radius 3 is 2.82 bits per heavy atom. The lowest BCUT2D eigenvalue weighted by Crippen LogP contribution is -2.20. The first-order valence-electron chi connectivity index (χ1n) is 5.63. The summed E-state index contributed by atoms with van der Waals surface area (Å²) in [6.07, 6.45) is 1.91. The largest absolute Gasteiger partial charge is 0.480 e. The summed E-state index contributed by atoms with van der Waals surface area (Å²) in [6.45, 7) is 3.32. The molecule has 0 aliphatic carbocycles. The third kappa shape index (κ3) is 2.65. The summed E-state index contributed by atoms with van der Waals surface area (Å²) in [7, 11) is 0. The Hall–Kier alpha value is -0.980. The highest BCUT2D eigenvalue weighted by molar-refractivity contribution is 7.12. The van der Waals surface area contributed by atoms with Gasteiger partial charge in [0.25, 0.3) is 0 Å². The molecule has 2 rings (SSSR count). The summed E-state index contributed by atoms with van der Waals surface area (Å²) >= 11 is 1.43. The molecule has 1 saturated heterocycles. The smallest absolute Gasteiger partial charge is 0.326 e. The number of carbonyl (C=O) groups is 1. The minimum absolute atomic E-state index is 0.391. The van der Waals surface area contributed by atoms with Crippen LogP contribution in [0, 0.1) is 6.92 Å². The molecule has 0 radical (unpaired) electrons. The van der Waals surface area contributed by atoms with Crippen molar-refractivity contribution in [1.29, 1.82) is 0 Å². The van der Waals surface area contributed by atoms with E-state index in [1.54, 1.807) is 0 Å². The summed E-state index contributed by atoms with van der Waals surface area (Å²) in [4.78, 5) is 16.0. The molecule has 1 aliphatic heterocycles. The van der Waals surface area contributed by atoms with E-state index in [2.05, 4.69) is 4.98 Å². The number of nitrogens with two attached hydrogens (primary N) is 1. The number of rotatable bonds is 3. The summed E-state index contributed by atoms with van der Waals surface area (Å²) in [5, 5.41) is 9.91.